The molecule has 0 saturated carbocycles. The minimum Gasteiger partial charge on any atom is -0.383 e. The number of nitrogens with zero attached hydrogens (tertiary/aromatic N) is 5. The molecule has 5 rings (SSSR count). The summed E-state index contributed by atoms with van der Waals surface area (Å²) in [5, 5.41) is 2.48. The van der Waals surface area contributed by atoms with Crippen LogP contribution in [0.3, 0.4) is 0 Å². The van der Waals surface area contributed by atoms with Gasteiger partial charge in [-0.25, -0.2) is 9.97 Å². The molecule has 6 heteroatoms. The van der Waals surface area contributed by atoms with Gasteiger partial charge in [0.25, 0.3) is 0 Å². The number of aromatic nitrogens is 5. The topological polar surface area (TPSA) is 49.8 Å². The fourth-order valence-corrected chi connectivity index (χ4v) is 3.64. The summed E-state index contributed by atoms with van der Waals surface area (Å²) >= 11 is 0. The number of ether oxygens (including phenoxy) is 1. The lowest BCUT2D eigenvalue weighted by molar-refractivity contribution is 0.189. The molecule has 0 aliphatic heterocycles. The Morgan fingerprint density at radius 3 is 1.81 bits per heavy atom. The van der Waals surface area contributed by atoms with Gasteiger partial charge in [-0.05, 0) is 24.3 Å². The second-order valence-electron chi connectivity index (χ2n) is 6.49. The second-order valence-corrected chi connectivity index (χ2v) is 6.49. The lowest BCUT2D eigenvalue weighted by Gasteiger charge is -2.09. The molecule has 0 spiro atoms. The van der Waals surface area contributed by atoms with Crippen molar-refractivity contribution in [2.75, 3.05) is 13.7 Å². The first kappa shape index (κ1) is 15.8. The molecule has 0 aliphatic carbocycles. The Morgan fingerprint density at radius 2 is 1.37 bits per heavy atom. The maximum Gasteiger partial charge on any atom is 0.0991 e. The third kappa shape index (κ3) is 2.62. The first-order valence-electron chi connectivity index (χ1n) is 8.87. The average Bonchev–Trinajstić information content (AvgIpc) is 3.46. The summed E-state index contributed by atoms with van der Waals surface area (Å²) in [6.45, 7) is 1.45. The van der Waals surface area contributed by atoms with Crippen LogP contribution in [0.1, 0.15) is 0 Å². The zero-order valence-electron chi connectivity index (χ0n) is 15.0. The van der Waals surface area contributed by atoms with Crippen LogP contribution < -0.4 is 0 Å². The van der Waals surface area contributed by atoms with E-state index in [0.717, 1.165) is 17.9 Å². The van der Waals surface area contributed by atoms with Crippen molar-refractivity contribution in [3.8, 4) is 11.4 Å². The first-order valence-corrected chi connectivity index (χ1v) is 8.87. The van der Waals surface area contributed by atoms with Gasteiger partial charge in [0.15, 0.2) is 0 Å². The molecule has 27 heavy (non-hydrogen) atoms. The summed E-state index contributed by atoms with van der Waals surface area (Å²) in [4.78, 5) is 8.32. The Labute approximate surface area is 156 Å². The van der Waals surface area contributed by atoms with Gasteiger partial charge in [0, 0.05) is 60.6 Å². The Bertz CT molecular complexity index is 1110. The van der Waals surface area contributed by atoms with Crippen molar-refractivity contribution in [2.24, 2.45) is 0 Å². The smallest absolute Gasteiger partial charge is 0.0991 e. The third-order valence-electron chi connectivity index (χ3n) is 4.96. The van der Waals surface area contributed by atoms with Crippen molar-refractivity contribution in [3.63, 3.8) is 0 Å². The number of hydrogen-bond donors (Lipinski definition) is 0. The predicted octanol–water partition coefficient (Wildman–Crippen LogP) is 3.81. The summed E-state index contributed by atoms with van der Waals surface area (Å²) < 4.78 is 11.7. The second kappa shape index (κ2) is 6.41. The Morgan fingerprint density at radius 1 is 0.815 bits per heavy atom. The summed E-state index contributed by atoms with van der Waals surface area (Å²) in [5.41, 5.74) is 4.57. The van der Waals surface area contributed by atoms with E-state index in [0.29, 0.717) is 6.61 Å². The maximum absolute atomic E-state index is 5.37. The molecule has 3 heterocycles. The molecule has 134 valence electrons. The minimum absolute atomic E-state index is 0.656. The SMILES string of the molecule is COCCn1c2cc(-n3ccnc3)ccc2c2ccc(-n3ccnc3)cc21. The monoisotopic (exact) mass is 357 g/mol. The highest BCUT2D eigenvalue weighted by atomic mass is 16.5. The zero-order chi connectivity index (χ0) is 18.2. The van der Waals surface area contributed by atoms with Gasteiger partial charge in [-0.2, -0.15) is 0 Å². The van der Waals surface area contributed by atoms with Crippen LogP contribution in [0, 0.1) is 0 Å². The van der Waals surface area contributed by atoms with E-state index in [2.05, 4.69) is 50.9 Å². The van der Waals surface area contributed by atoms with E-state index in [-0.39, 0.29) is 0 Å². The molecular formula is C21H19N5O. The van der Waals surface area contributed by atoms with Crippen molar-refractivity contribution in [1.82, 2.24) is 23.7 Å². The van der Waals surface area contributed by atoms with Gasteiger partial charge in [-0.3, -0.25) is 0 Å². The lowest BCUT2D eigenvalue weighted by Crippen LogP contribution is -2.04. The van der Waals surface area contributed by atoms with Crippen molar-refractivity contribution in [1.29, 1.82) is 0 Å². The molecule has 0 unspecified atom stereocenters. The van der Waals surface area contributed by atoms with Gasteiger partial charge >= 0.3 is 0 Å². The van der Waals surface area contributed by atoms with Crippen LogP contribution in [0.25, 0.3) is 33.2 Å². The van der Waals surface area contributed by atoms with Gasteiger partial charge in [0.2, 0.25) is 0 Å². The van der Waals surface area contributed by atoms with E-state index >= 15 is 0 Å². The Hall–Kier alpha value is -3.38. The Kier molecular flexibility index (Phi) is 3.76. The van der Waals surface area contributed by atoms with Crippen molar-refractivity contribution < 1.29 is 4.74 Å². The minimum atomic E-state index is 0.656. The van der Waals surface area contributed by atoms with Crippen molar-refractivity contribution in [3.05, 3.63) is 73.8 Å². The fraction of sp³-hybridized carbons (Fsp3) is 0.143. The zero-order valence-corrected chi connectivity index (χ0v) is 15.0. The largest absolute Gasteiger partial charge is 0.383 e. The number of imidazole rings is 2. The van der Waals surface area contributed by atoms with Crippen LogP contribution >= 0.6 is 0 Å². The van der Waals surface area contributed by atoms with E-state index in [4.69, 9.17) is 4.74 Å². The van der Waals surface area contributed by atoms with Gasteiger partial charge in [0.1, 0.15) is 0 Å². The van der Waals surface area contributed by atoms with E-state index < -0.39 is 0 Å². The van der Waals surface area contributed by atoms with Crippen LogP contribution in [0.2, 0.25) is 0 Å². The molecule has 0 N–H and O–H groups in total. The molecule has 2 aromatic carbocycles. The molecule has 6 nitrogen and oxygen atoms in total. The van der Waals surface area contributed by atoms with Crippen LogP contribution in [0.4, 0.5) is 0 Å². The molecule has 0 atom stereocenters. The fourth-order valence-electron chi connectivity index (χ4n) is 3.64. The van der Waals surface area contributed by atoms with Crippen LogP contribution in [-0.4, -0.2) is 37.4 Å². The number of hydrogen-bond acceptors (Lipinski definition) is 3. The average molecular weight is 357 g/mol. The van der Waals surface area contributed by atoms with E-state index in [1.165, 1.54) is 21.8 Å². The number of rotatable bonds is 5. The standard InChI is InChI=1S/C21H19N5O/c1-27-11-10-26-20-12-16(24-8-6-22-14-24)2-4-18(20)19-5-3-17(13-21(19)26)25-9-7-23-15-25/h2-9,12-15H,10-11H2,1H3. The number of methoxy groups -OCH3 is 1. The summed E-state index contributed by atoms with van der Waals surface area (Å²) in [7, 11) is 1.74. The molecule has 0 amide bonds. The highest BCUT2D eigenvalue weighted by molar-refractivity contribution is 6.09. The maximum atomic E-state index is 5.37. The predicted molar refractivity (Wildman–Crippen MR) is 106 cm³/mol. The van der Waals surface area contributed by atoms with E-state index in [1.807, 2.05) is 34.2 Å². The quantitative estimate of drug-likeness (QED) is 0.481. The van der Waals surface area contributed by atoms with Crippen molar-refractivity contribution in [2.45, 2.75) is 6.54 Å². The van der Waals surface area contributed by atoms with Gasteiger partial charge in [-0.15, -0.1) is 0 Å². The van der Waals surface area contributed by atoms with Gasteiger partial charge in [0.05, 0.1) is 30.3 Å². The van der Waals surface area contributed by atoms with Crippen LogP contribution in [0.5, 0.6) is 0 Å². The Balaban J connectivity index is 1.76. The van der Waals surface area contributed by atoms with Gasteiger partial charge < -0.3 is 18.4 Å². The molecule has 0 saturated heterocycles. The third-order valence-corrected chi connectivity index (χ3v) is 4.96. The van der Waals surface area contributed by atoms with Gasteiger partial charge in [-0.1, -0.05) is 12.1 Å². The normalized spacial score (nSPS) is 11.6. The molecule has 5 aromatic rings. The van der Waals surface area contributed by atoms with E-state index in [9.17, 15) is 0 Å². The molecular weight excluding hydrogens is 338 g/mol. The molecule has 0 fully saturated rings. The van der Waals surface area contributed by atoms with Crippen LogP contribution in [0.15, 0.2) is 73.8 Å². The number of benzene rings is 2. The molecule has 0 radical (unpaired) electrons. The lowest BCUT2D eigenvalue weighted by atomic mass is 10.1. The first-order chi connectivity index (χ1) is 13.3. The summed E-state index contributed by atoms with van der Waals surface area (Å²) in [6, 6.07) is 13.1. The summed E-state index contributed by atoms with van der Waals surface area (Å²) in [5.74, 6) is 0. The molecule has 0 bridgehead atoms. The van der Waals surface area contributed by atoms with Crippen molar-refractivity contribution >= 4 is 21.8 Å². The molecule has 3 aromatic heterocycles. The molecule has 0 aliphatic rings. The highest BCUT2D eigenvalue weighted by Gasteiger charge is 2.13. The summed E-state index contributed by atoms with van der Waals surface area (Å²) in [6.07, 6.45) is 11.1. The van der Waals surface area contributed by atoms with Crippen LogP contribution in [-0.2, 0) is 11.3 Å². The number of fused-ring (bicyclic) bond motifs is 3. The highest BCUT2D eigenvalue weighted by Crippen LogP contribution is 2.32. The van der Waals surface area contributed by atoms with E-state index in [1.54, 1.807) is 19.5 Å².